The first kappa shape index (κ1) is 24.3. The van der Waals surface area contributed by atoms with Gasteiger partial charge in [-0.3, -0.25) is 0 Å². The Hall–Kier alpha value is -5.09. The molecule has 0 N–H and O–H groups in total. The average molecular weight is 505 g/mol. The third-order valence-corrected chi connectivity index (χ3v) is 6.67. The van der Waals surface area contributed by atoms with Gasteiger partial charge in [-0.05, 0) is 62.4 Å². The second kappa shape index (κ2) is 10.7. The van der Waals surface area contributed by atoms with Gasteiger partial charge in [-0.15, -0.1) is 0 Å². The van der Waals surface area contributed by atoms with Crippen LogP contribution in [0.2, 0.25) is 0 Å². The Morgan fingerprint density at radius 3 is 1.03 bits per heavy atom. The lowest BCUT2D eigenvalue weighted by Gasteiger charge is -2.26. The molecule has 1 aromatic heterocycles. The highest BCUT2D eigenvalue weighted by atomic mass is 15.1. The van der Waals surface area contributed by atoms with Gasteiger partial charge in [0.1, 0.15) is 0 Å². The number of aromatic nitrogens is 3. The number of anilines is 3. The molecular weight excluding hydrogens is 476 g/mol. The molecular formula is C35H28N4. The largest absolute Gasteiger partial charge is 0.311 e. The van der Waals surface area contributed by atoms with Gasteiger partial charge in [-0.25, -0.2) is 15.0 Å². The maximum atomic E-state index is 4.87. The fourth-order valence-corrected chi connectivity index (χ4v) is 4.53. The molecule has 4 heteroatoms. The van der Waals surface area contributed by atoms with E-state index in [9.17, 15) is 0 Å². The molecule has 0 amide bonds. The first-order valence-corrected chi connectivity index (χ1v) is 13.0. The molecule has 0 bridgehead atoms. The van der Waals surface area contributed by atoms with Crippen molar-refractivity contribution < 1.29 is 0 Å². The van der Waals surface area contributed by atoms with Crippen LogP contribution < -0.4 is 4.90 Å². The second-order valence-corrected chi connectivity index (χ2v) is 9.59. The van der Waals surface area contributed by atoms with E-state index in [4.69, 9.17) is 15.0 Å². The smallest absolute Gasteiger partial charge is 0.164 e. The Bertz CT molecular complexity index is 1570. The minimum absolute atomic E-state index is 0.645. The summed E-state index contributed by atoms with van der Waals surface area (Å²) >= 11 is 0. The van der Waals surface area contributed by atoms with Crippen molar-refractivity contribution in [2.75, 3.05) is 4.90 Å². The van der Waals surface area contributed by atoms with Crippen molar-refractivity contribution in [1.82, 2.24) is 15.0 Å². The summed E-state index contributed by atoms with van der Waals surface area (Å²) in [4.78, 5) is 16.8. The molecule has 5 aromatic carbocycles. The van der Waals surface area contributed by atoms with E-state index < -0.39 is 0 Å². The van der Waals surface area contributed by atoms with E-state index in [2.05, 4.69) is 91.5 Å². The summed E-state index contributed by atoms with van der Waals surface area (Å²) in [6.07, 6.45) is 0. The molecule has 6 aromatic rings. The molecule has 0 saturated carbocycles. The fraction of sp³-hybridized carbons (Fsp3) is 0.0571. The molecule has 0 aliphatic heterocycles. The van der Waals surface area contributed by atoms with Gasteiger partial charge >= 0.3 is 0 Å². The Balaban J connectivity index is 1.43. The van der Waals surface area contributed by atoms with Crippen LogP contribution >= 0.6 is 0 Å². The maximum Gasteiger partial charge on any atom is 0.164 e. The first-order chi connectivity index (χ1) is 19.1. The van der Waals surface area contributed by atoms with Gasteiger partial charge in [0.15, 0.2) is 17.5 Å². The standard InChI is InChI=1S/C35H28N4/c1-25-13-19-30(20-14-25)39(31-21-15-26(2)16-22-31)32-23-17-29(18-24-32)35-37-33(27-9-5-3-6-10-27)36-34(38-35)28-11-7-4-8-12-28/h3-24H,1-2H3. The van der Waals surface area contributed by atoms with Crippen molar-refractivity contribution in [3.63, 3.8) is 0 Å². The molecule has 1 heterocycles. The normalized spacial score (nSPS) is 10.8. The van der Waals surface area contributed by atoms with Gasteiger partial charge in [0, 0.05) is 33.8 Å². The fourth-order valence-electron chi connectivity index (χ4n) is 4.53. The van der Waals surface area contributed by atoms with Gasteiger partial charge in [0.2, 0.25) is 0 Å². The lowest BCUT2D eigenvalue weighted by molar-refractivity contribution is 1.07. The van der Waals surface area contributed by atoms with Gasteiger partial charge in [0.05, 0.1) is 0 Å². The molecule has 39 heavy (non-hydrogen) atoms. The van der Waals surface area contributed by atoms with Crippen LogP contribution in [0.25, 0.3) is 34.2 Å². The van der Waals surface area contributed by atoms with Crippen molar-refractivity contribution in [3.8, 4) is 34.2 Å². The molecule has 6 rings (SSSR count). The summed E-state index contributed by atoms with van der Waals surface area (Å²) in [6.45, 7) is 4.22. The third kappa shape index (κ3) is 5.32. The Labute approximate surface area is 229 Å². The van der Waals surface area contributed by atoms with Gasteiger partial charge in [-0.1, -0.05) is 96.1 Å². The SMILES string of the molecule is Cc1ccc(N(c2ccc(C)cc2)c2ccc(-c3nc(-c4ccccc4)nc(-c4ccccc4)n3)cc2)cc1. The Morgan fingerprint density at radius 1 is 0.359 bits per heavy atom. The maximum absolute atomic E-state index is 4.87. The van der Waals surface area contributed by atoms with E-state index in [1.807, 2.05) is 60.7 Å². The average Bonchev–Trinajstić information content (AvgIpc) is 3.00. The lowest BCUT2D eigenvalue weighted by Crippen LogP contribution is -2.10. The van der Waals surface area contributed by atoms with Crippen LogP contribution in [0.1, 0.15) is 11.1 Å². The third-order valence-electron chi connectivity index (χ3n) is 6.67. The monoisotopic (exact) mass is 504 g/mol. The highest BCUT2D eigenvalue weighted by molar-refractivity contribution is 5.78. The summed E-state index contributed by atoms with van der Waals surface area (Å²) in [5.41, 5.74) is 8.59. The van der Waals surface area contributed by atoms with E-state index in [1.165, 1.54) is 11.1 Å². The zero-order chi connectivity index (χ0) is 26.6. The second-order valence-electron chi connectivity index (χ2n) is 9.59. The lowest BCUT2D eigenvalue weighted by atomic mass is 10.1. The van der Waals surface area contributed by atoms with Crippen LogP contribution in [-0.4, -0.2) is 15.0 Å². The molecule has 0 spiro atoms. The van der Waals surface area contributed by atoms with E-state index >= 15 is 0 Å². The summed E-state index contributed by atoms with van der Waals surface area (Å²) in [5, 5.41) is 0. The van der Waals surface area contributed by atoms with Crippen molar-refractivity contribution in [1.29, 1.82) is 0 Å². The predicted octanol–water partition coefficient (Wildman–Crippen LogP) is 8.96. The van der Waals surface area contributed by atoms with Crippen LogP contribution in [0.4, 0.5) is 17.1 Å². The number of aryl methyl sites for hydroxylation is 2. The minimum Gasteiger partial charge on any atom is -0.311 e. The van der Waals surface area contributed by atoms with Crippen LogP contribution in [0.15, 0.2) is 133 Å². The molecule has 0 fully saturated rings. The van der Waals surface area contributed by atoms with Crippen molar-refractivity contribution >= 4 is 17.1 Å². The highest BCUT2D eigenvalue weighted by Gasteiger charge is 2.15. The number of rotatable bonds is 6. The summed E-state index contributed by atoms with van der Waals surface area (Å²) in [6, 6.07) is 45.7. The Kier molecular flexibility index (Phi) is 6.67. The molecule has 0 saturated heterocycles. The summed E-state index contributed by atoms with van der Waals surface area (Å²) in [5.74, 6) is 1.96. The molecule has 0 radical (unpaired) electrons. The molecule has 0 aliphatic carbocycles. The van der Waals surface area contributed by atoms with E-state index in [1.54, 1.807) is 0 Å². The van der Waals surface area contributed by atoms with Crippen LogP contribution in [0.3, 0.4) is 0 Å². The zero-order valence-electron chi connectivity index (χ0n) is 22.0. The molecule has 0 aliphatic rings. The number of nitrogens with zero attached hydrogens (tertiary/aromatic N) is 4. The van der Waals surface area contributed by atoms with Crippen molar-refractivity contribution in [3.05, 3.63) is 145 Å². The first-order valence-electron chi connectivity index (χ1n) is 13.0. The zero-order valence-corrected chi connectivity index (χ0v) is 22.0. The van der Waals surface area contributed by atoms with E-state index in [0.29, 0.717) is 17.5 Å². The highest BCUT2D eigenvalue weighted by Crippen LogP contribution is 2.36. The van der Waals surface area contributed by atoms with E-state index in [-0.39, 0.29) is 0 Å². The Morgan fingerprint density at radius 2 is 0.667 bits per heavy atom. The molecule has 0 atom stereocenters. The quantitative estimate of drug-likeness (QED) is 0.227. The van der Waals surface area contributed by atoms with Gasteiger partial charge in [0.25, 0.3) is 0 Å². The van der Waals surface area contributed by atoms with Crippen molar-refractivity contribution in [2.24, 2.45) is 0 Å². The summed E-state index contributed by atoms with van der Waals surface area (Å²) < 4.78 is 0. The molecule has 0 unspecified atom stereocenters. The molecule has 4 nitrogen and oxygen atoms in total. The molecule has 188 valence electrons. The number of hydrogen-bond donors (Lipinski definition) is 0. The van der Waals surface area contributed by atoms with Crippen LogP contribution in [-0.2, 0) is 0 Å². The van der Waals surface area contributed by atoms with Gasteiger partial charge < -0.3 is 4.90 Å². The topological polar surface area (TPSA) is 41.9 Å². The van der Waals surface area contributed by atoms with E-state index in [0.717, 1.165) is 33.8 Å². The van der Waals surface area contributed by atoms with Crippen LogP contribution in [0, 0.1) is 13.8 Å². The van der Waals surface area contributed by atoms with Crippen LogP contribution in [0.5, 0.6) is 0 Å². The van der Waals surface area contributed by atoms with Gasteiger partial charge in [-0.2, -0.15) is 0 Å². The predicted molar refractivity (Wildman–Crippen MR) is 160 cm³/mol. The number of hydrogen-bond acceptors (Lipinski definition) is 4. The minimum atomic E-state index is 0.645. The number of benzene rings is 5. The summed E-state index contributed by atoms with van der Waals surface area (Å²) in [7, 11) is 0. The van der Waals surface area contributed by atoms with Crippen molar-refractivity contribution in [2.45, 2.75) is 13.8 Å².